The Kier molecular flexibility index (Phi) is 4.30. The third-order valence-electron chi connectivity index (χ3n) is 3.72. The van der Waals surface area contributed by atoms with Crippen LogP contribution in [0.4, 0.5) is 4.39 Å². The third-order valence-corrected chi connectivity index (χ3v) is 3.72. The van der Waals surface area contributed by atoms with E-state index in [0.29, 0.717) is 6.54 Å². The molecule has 1 saturated carbocycles. The van der Waals surface area contributed by atoms with E-state index in [-0.39, 0.29) is 11.9 Å². The van der Waals surface area contributed by atoms with Gasteiger partial charge in [-0.3, -0.25) is 4.98 Å². The van der Waals surface area contributed by atoms with Crippen LogP contribution in [0, 0.1) is 5.82 Å². The summed E-state index contributed by atoms with van der Waals surface area (Å²) in [5.74, 6) is -0.322. The van der Waals surface area contributed by atoms with Gasteiger partial charge in [-0.1, -0.05) is 19.3 Å². The molecule has 3 nitrogen and oxygen atoms in total. The van der Waals surface area contributed by atoms with E-state index in [4.69, 9.17) is 0 Å². The summed E-state index contributed by atoms with van der Waals surface area (Å²) >= 11 is 0. The van der Waals surface area contributed by atoms with E-state index in [1.165, 1.54) is 18.7 Å². The molecule has 1 aliphatic rings. The zero-order chi connectivity index (χ0) is 13.0. The van der Waals surface area contributed by atoms with Gasteiger partial charge in [0.25, 0.3) is 0 Å². The van der Waals surface area contributed by atoms with Crippen LogP contribution in [0.5, 0.6) is 0 Å². The lowest BCUT2D eigenvalue weighted by Gasteiger charge is -2.33. The van der Waals surface area contributed by atoms with E-state index in [1.54, 1.807) is 6.07 Å². The number of rotatable bonds is 4. The molecule has 0 bridgehead atoms. The first-order valence-electron chi connectivity index (χ1n) is 6.66. The van der Waals surface area contributed by atoms with Gasteiger partial charge in [-0.25, -0.2) is 4.39 Å². The highest BCUT2D eigenvalue weighted by atomic mass is 19.1. The second-order valence-electron chi connectivity index (χ2n) is 5.29. The highest BCUT2D eigenvalue weighted by Crippen LogP contribution is 2.27. The number of aromatic nitrogens is 1. The lowest BCUT2D eigenvalue weighted by molar-refractivity contribution is 0.00291. The first-order valence-corrected chi connectivity index (χ1v) is 6.66. The van der Waals surface area contributed by atoms with Crippen molar-refractivity contribution in [3.63, 3.8) is 0 Å². The van der Waals surface area contributed by atoms with Crippen LogP contribution in [0.1, 0.15) is 50.8 Å². The van der Waals surface area contributed by atoms with Gasteiger partial charge in [0.1, 0.15) is 5.82 Å². The number of nitrogens with one attached hydrogen (secondary N) is 1. The van der Waals surface area contributed by atoms with E-state index >= 15 is 0 Å². The Balaban J connectivity index is 1.87. The Morgan fingerprint density at radius 3 is 2.72 bits per heavy atom. The fraction of sp³-hybridized carbons (Fsp3) is 0.643. The van der Waals surface area contributed by atoms with Gasteiger partial charge in [0.05, 0.1) is 17.5 Å². The van der Waals surface area contributed by atoms with Gasteiger partial charge in [-0.05, 0) is 31.9 Å². The van der Waals surface area contributed by atoms with Gasteiger partial charge in [0, 0.05) is 12.6 Å². The van der Waals surface area contributed by atoms with E-state index in [2.05, 4.69) is 10.3 Å². The minimum absolute atomic E-state index is 0.0246. The molecular weight excluding hydrogens is 231 g/mol. The van der Waals surface area contributed by atoms with Gasteiger partial charge < -0.3 is 10.4 Å². The van der Waals surface area contributed by atoms with Crippen LogP contribution in [0.25, 0.3) is 0 Å². The largest absolute Gasteiger partial charge is 0.389 e. The average Bonchev–Trinajstić information content (AvgIpc) is 2.38. The van der Waals surface area contributed by atoms with Gasteiger partial charge in [-0.15, -0.1) is 0 Å². The zero-order valence-corrected chi connectivity index (χ0v) is 10.8. The highest BCUT2D eigenvalue weighted by molar-refractivity contribution is 5.09. The summed E-state index contributed by atoms with van der Waals surface area (Å²) in [6.07, 6.45) is 6.37. The molecule has 1 heterocycles. The molecule has 4 heteroatoms. The molecule has 1 unspecified atom stereocenters. The van der Waals surface area contributed by atoms with Crippen molar-refractivity contribution in [3.8, 4) is 0 Å². The Morgan fingerprint density at radius 2 is 2.11 bits per heavy atom. The molecule has 0 amide bonds. The number of pyridine rings is 1. The highest BCUT2D eigenvalue weighted by Gasteiger charge is 2.29. The Hall–Kier alpha value is -1.00. The SMILES string of the molecule is CC(NCC1(O)CCCCC1)c1ccc(F)cn1. The van der Waals surface area contributed by atoms with Crippen LogP contribution in [0.2, 0.25) is 0 Å². The van der Waals surface area contributed by atoms with Crippen LogP contribution in [-0.4, -0.2) is 22.2 Å². The lowest BCUT2D eigenvalue weighted by atomic mass is 9.85. The van der Waals surface area contributed by atoms with Crippen LogP contribution in [-0.2, 0) is 0 Å². The molecule has 18 heavy (non-hydrogen) atoms. The maximum absolute atomic E-state index is 12.8. The first-order chi connectivity index (χ1) is 8.59. The van der Waals surface area contributed by atoms with Crippen LogP contribution < -0.4 is 5.32 Å². The fourth-order valence-corrected chi connectivity index (χ4v) is 2.48. The van der Waals surface area contributed by atoms with Crippen molar-refractivity contribution in [2.24, 2.45) is 0 Å². The Bertz CT molecular complexity index is 374. The second kappa shape index (κ2) is 5.76. The summed E-state index contributed by atoms with van der Waals surface area (Å²) < 4.78 is 12.8. The molecule has 1 aromatic rings. The van der Waals surface area contributed by atoms with Crippen molar-refractivity contribution in [3.05, 3.63) is 29.8 Å². The minimum atomic E-state index is -0.577. The summed E-state index contributed by atoms with van der Waals surface area (Å²) in [5.41, 5.74) is 0.225. The molecule has 0 spiro atoms. The molecule has 2 N–H and O–H groups in total. The molecule has 1 atom stereocenters. The van der Waals surface area contributed by atoms with Crippen LogP contribution >= 0.6 is 0 Å². The maximum atomic E-state index is 12.8. The van der Waals surface area contributed by atoms with Crippen molar-refractivity contribution in [2.45, 2.75) is 50.7 Å². The van der Waals surface area contributed by atoms with Crippen molar-refractivity contribution in [2.75, 3.05) is 6.54 Å². The van der Waals surface area contributed by atoms with Crippen LogP contribution in [0.3, 0.4) is 0 Å². The number of nitrogens with zero attached hydrogens (tertiary/aromatic N) is 1. The molecular formula is C14H21FN2O. The molecule has 100 valence electrons. The predicted molar refractivity (Wildman–Crippen MR) is 68.6 cm³/mol. The zero-order valence-electron chi connectivity index (χ0n) is 10.8. The van der Waals surface area contributed by atoms with Crippen molar-refractivity contribution >= 4 is 0 Å². The Morgan fingerprint density at radius 1 is 1.39 bits per heavy atom. The van der Waals surface area contributed by atoms with Crippen molar-refractivity contribution < 1.29 is 9.50 Å². The number of hydrogen-bond acceptors (Lipinski definition) is 3. The first kappa shape index (κ1) is 13.4. The predicted octanol–water partition coefficient (Wildman–Crippen LogP) is 2.57. The summed E-state index contributed by atoms with van der Waals surface area (Å²) in [4.78, 5) is 4.05. The van der Waals surface area contributed by atoms with Gasteiger partial charge in [0.15, 0.2) is 0 Å². The summed E-state index contributed by atoms with van der Waals surface area (Å²) in [7, 11) is 0. The monoisotopic (exact) mass is 252 g/mol. The number of halogens is 1. The second-order valence-corrected chi connectivity index (χ2v) is 5.29. The standard InChI is InChI=1S/C14H21FN2O/c1-11(13-6-5-12(15)9-16-13)17-10-14(18)7-3-2-4-8-14/h5-6,9,11,17-18H,2-4,7-8,10H2,1H3. The number of hydrogen-bond donors (Lipinski definition) is 2. The quantitative estimate of drug-likeness (QED) is 0.865. The van der Waals surface area contributed by atoms with Gasteiger partial charge >= 0.3 is 0 Å². The maximum Gasteiger partial charge on any atom is 0.141 e. The normalized spacial score (nSPS) is 20.6. The minimum Gasteiger partial charge on any atom is -0.389 e. The molecule has 0 aromatic carbocycles. The van der Waals surface area contributed by atoms with E-state index < -0.39 is 5.60 Å². The molecule has 0 radical (unpaired) electrons. The molecule has 1 aromatic heterocycles. The topological polar surface area (TPSA) is 45.1 Å². The number of aliphatic hydroxyl groups is 1. The Labute approximate surface area is 107 Å². The summed E-state index contributed by atoms with van der Waals surface area (Å²) in [6, 6.07) is 3.12. The average molecular weight is 252 g/mol. The van der Waals surface area contributed by atoms with Crippen LogP contribution in [0.15, 0.2) is 18.3 Å². The molecule has 1 fully saturated rings. The third kappa shape index (κ3) is 3.50. The summed E-state index contributed by atoms with van der Waals surface area (Å²) in [5, 5.41) is 13.7. The smallest absolute Gasteiger partial charge is 0.141 e. The van der Waals surface area contributed by atoms with E-state index in [1.807, 2.05) is 6.92 Å². The molecule has 0 saturated heterocycles. The van der Waals surface area contributed by atoms with E-state index in [9.17, 15) is 9.50 Å². The van der Waals surface area contributed by atoms with Crippen molar-refractivity contribution in [1.82, 2.24) is 10.3 Å². The summed E-state index contributed by atoms with van der Waals surface area (Å²) in [6.45, 7) is 2.56. The lowest BCUT2D eigenvalue weighted by Crippen LogP contribution is -2.43. The van der Waals surface area contributed by atoms with Gasteiger partial charge in [0.2, 0.25) is 0 Å². The molecule has 0 aliphatic heterocycles. The fourth-order valence-electron chi connectivity index (χ4n) is 2.48. The van der Waals surface area contributed by atoms with Crippen molar-refractivity contribution in [1.29, 1.82) is 0 Å². The molecule has 1 aliphatic carbocycles. The van der Waals surface area contributed by atoms with Gasteiger partial charge in [-0.2, -0.15) is 0 Å². The van der Waals surface area contributed by atoms with E-state index in [0.717, 1.165) is 31.4 Å². The molecule has 2 rings (SSSR count).